The summed E-state index contributed by atoms with van der Waals surface area (Å²) in [7, 11) is 0. The van der Waals surface area contributed by atoms with Gasteiger partial charge in [-0.15, -0.1) is 0 Å². The number of nitrogens with zero attached hydrogens (tertiary/aromatic N) is 2. The summed E-state index contributed by atoms with van der Waals surface area (Å²) in [5.74, 6) is 5.61. The van der Waals surface area contributed by atoms with Crippen LogP contribution >= 0.6 is 0 Å². The van der Waals surface area contributed by atoms with Gasteiger partial charge in [-0.1, -0.05) is 71.1 Å². The summed E-state index contributed by atoms with van der Waals surface area (Å²) in [5.41, 5.74) is 3.85. The fourth-order valence-corrected chi connectivity index (χ4v) is 2.66. The second-order valence-corrected chi connectivity index (χ2v) is 5.82. The third-order valence-corrected chi connectivity index (χ3v) is 4.01. The minimum Gasteiger partial charge on any atom is -0.271 e. The minimum atomic E-state index is 0.155. The van der Waals surface area contributed by atoms with Gasteiger partial charge in [-0.3, -0.25) is 11.3 Å². The molecule has 0 aliphatic heterocycles. The minimum absolute atomic E-state index is 0.155. The summed E-state index contributed by atoms with van der Waals surface area (Å²) < 4.78 is 0. The van der Waals surface area contributed by atoms with Gasteiger partial charge in [-0.25, -0.2) is 9.97 Å². The topological polar surface area (TPSA) is 63.8 Å². The van der Waals surface area contributed by atoms with Crippen molar-refractivity contribution in [3.8, 4) is 0 Å². The third-order valence-electron chi connectivity index (χ3n) is 4.01. The Kier molecular flexibility index (Phi) is 10.9. The van der Waals surface area contributed by atoms with E-state index in [1.54, 1.807) is 12.5 Å². The van der Waals surface area contributed by atoms with Gasteiger partial charge in [-0.05, 0) is 12.5 Å². The Hall–Kier alpha value is -1.00. The number of aromatic nitrogens is 2. The van der Waals surface area contributed by atoms with Gasteiger partial charge in [0.2, 0.25) is 0 Å². The molecule has 4 nitrogen and oxygen atoms in total. The van der Waals surface area contributed by atoms with Gasteiger partial charge in [-0.2, -0.15) is 0 Å². The van der Waals surface area contributed by atoms with E-state index in [-0.39, 0.29) is 6.04 Å². The van der Waals surface area contributed by atoms with E-state index in [1.165, 1.54) is 64.2 Å². The van der Waals surface area contributed by atoms with Gasteiger partial charge in [0.15, 0.2) is 0 Å². The van der Waals surface area contributed by atoms with Crippen molar-refractivity contribution in [3.05, 3.63) is 24.3 Å². The van der Waals surface area contributed by atoms with Gasteiger partial charge >= 0.3 is 0 Å². The Morgan fingerprint density at radius 1 is 1.00 bits per heavy atom. The van der Waals surface area contributed by atoms with Gasteiger partial charge in [0.05, 0.1) is 11.7 Å². The molecule has 3 N–H and O–H groups in total. The van der Waals surface area contributed by atoms with E-state index >= 15 is 0 Å². The van der Waals surface area contributed by atoms with E-state index in [2.05, 4.69) is 22.3 Å². The number of hydrogen-bond donors (Lipinski definition) is 2. The molecule has 1 aromatic rings. The van der Waals surface area contributed by atoms with Crippen LogP contribution in [0.15, 0.2) is 18.6 Å². The van der Waals surface area contributed by atoms with Crippen molar-refractivity contribution in [2.45, 2.75) is 83.6 Å². The highest BCUT2D eigenvalue weighted by atomic mass is 15.2. The highest BCUT2D eigenvalue weighted by Crippen LogP contribution is 2.17. The van der Waals surface area contributed by atoms with Crippen molar-refractivity contribution in [1.82, 2.24) is 15.4 Å². The Morgan fingerprint density at radius 3 is 2.14 bits per heavy atom. The molecule has 1 heterocycles. The molecule has 0 aliphatic rings. The molecule has 4 heteroatoms. The molecule has 0 saturated heterocycles. The van der Waals surface area contributed by atoms with Gasteiger partial charge in [0.25, 0.3) is 0 Å². The molecule has 0 aromatic carbocycles. The average Bonchev–Trinajstić information content (AvgIpc) is 2.54. The maximum atomic E-state index is 5.61. The fourth-order valence-electron chi connectivity index (χ4n) is 2.66. The van der Waals surface area contributed by atoms with Crippen LogP contribution in [-0.2, 0) is 0 Å². The van der Waals surface area contributed by atoms with E-state index < -0.39 is 0 Å². The summed E-state index contributed by atoms with van der Waals surface area (Å²) in [5, 5.41) is 0. The molecule has 1 atom stereocenters. The van der Waals surface area contributed by atoms with Crippen LogP contribution < -0.4 is 11.3 Å². The normalized spacial score (nSPS) is 12.5. The zero-order chi connectivity index (χ0) is 15.2. The van der Waals surface area contributed by atoms with E-state index in [4.69, 9.17) is 5.84 Å². The summed E-state index contributed by atoms with van der Waals surface area (Å²) in [6, 6.07) is 2.09. The summed E-state index contributed by atoms with van der Waals surface area (Å²) in [4.78, 5) is 8.20. The van der Waals surface area contributed by atoms with E-state index in [0.29, 0.717) is 0 Å². The molecule has 0 radical (unpaired) electrons. The second-order valence-electron chi connectivity index (χ2n) is 5.82. The molecule has 1 rings (SSSR count). The molecule has 1 aromatic heterocycles. The Labute approximate surface area is 129 Å². The standard InChI is InChI=1S/C17H32N4/c1-2-3-4-5-6-7-8-9-10-11-12-17(21-18)16-13-14-19-15-20-16/h13-15,17,21H,2-12,18H2,1H3. The zero-order valence-corrected chi connectivity index (χ0v) is 13.6. The summed E-state index contributed by atoms with van der Waals surface area (Å²) >= 11 is 0. The second kappa shape index (κ2) is 12.7. The third kappa shape index (κ3) is 8.79. The van der Waals surface area contributed by atoms with Crippen LogP contribution in [0, 0.1) is 0 Å². The number of nitrogens with one attached hydrogen (secondary N) is 1. The SMILES string of the molecule is CCCCCCCCCCCCC(NN)c1ccncn1. The predicted octanol–water partition coefficient (Wildman–Crippen LogP) is 4.29. The number of hydrogen-bond acceptors (Lipinski definition) is 4. The van der Waals surface area contributed by atoms with Gasteiger partial charge in [0.1, 0.15) is 6.33 Å². The van der Waals surface area contributed by atoms with Crippen molar-refractivity contribution in [2.75, 3.05) is 0 Å². The number of rotatable bonds is 13. The van der Waals surface area contributed by atoms with Crippen molar-refractivity contribution in [2.24, 2.45) is 5.84 Å². The lowest BCUT2D eigenvalue weighted by Crippen LogP contribution is -2.28. The number of nitrogens with two attached hydrogens (primary N) is 1. The average molecular weight is 292 g/mol. The van der Waals surface area contributed by atoms with Crippen molar-refractivity contribution >= 4 is 0 Å². The lowest BCUT2D eigenvalue weighted by Gasteiger charge is -2.14. The summed E-state index contributed by atoms with van der Waals surface area (Å²) in [6.45, 7) is 2.27. The fraction of sp³-hybridized carbons (Fsp3) is 0.765. The van der Waals surface area contributed by atoms with Crippen LogP contribution in [0.5, 0.6) is 0 Å². The smallest absolute Gasteiger partial charge is 0.115 e. The lowest BCUT2D eigenvalue weighted by molar-refractivity contribution is 0.465. The quantitative estimate of drug-likeness (QED) is 0.323. The summed E-state index contributed by atoms with van der Waals surface area (Å²) in [6.07, 6.45) is 18.0. The first-order chi connectivity index (χ1) is 10.4. The van der Waals surface area contributed by atoms with Crippen LogP contribution in [0.3, 0.4) is 0 Å². The molecule has 0 saturated carbocycles. The predicted molar refractivity (Wildman–Crippen MR) is 88.6 cm³/mol. The molecule has 0 spiro atoms. The lowest BCUT2D eigenvalue weighted by atomic mass is 10.0. The van der Waals surface area contributed by atoms with Crippen LogP contribution in [0.25, 0.3) is 0 Å². The molecular formula is C17H32N4. The molecule has 0 bridgehead atoms. The number of unbranched alkanes of at least 4 members (excludes halogenated alkanes) is 9. The highest BCUT2D eigenvalue weighted by Gasteiger charge is 2.09. The first-order valence-corrected chi connectivity index (χ1v) is 8.60. The largest absolute Gasteiger partial charge is 0.271 e. The Balaban J connectivity index is 1.98. The number of hydrazine groups is 1. The monoisotopic (exact) mass is 292 g/mol. The van der Waals surface area contributed by atoms with E-state index in [1.807, 2.05) is 6.07 Å². The van der Waals surface area contributed by atoms with E-state index in [9.17, 15) is 0 Å². The van der Waals surface area contributed by atoms with Gasteiger partial charge < -0.3 is 0 Å². The molecule has 0 fully saturated rings. The first-order valence-electron chi connectivity index (χ1n) is 8.60. The van der Waals surface area contributed by atoms with Crippen LogP contribution in [0.2, 0.25) is 0 Å². The van der Waals surface area contributed by atoms with E-state index in [0.717, 1.165) is 12.1 Å². The Bertz CT molecular complexity index is 329. The van der Waals surface area contributed by atoms with Crippen molar-refractivity contribution < 1.29 is 0 Å². The molecular weight excluding hydrogens is 260 g/mol. The highest BCUT2D eigenvalue weighted by molar-refractivity contribution is 5.03. The van der Waals surface area contributed by atoms with Gasteiger partial charge in [0, 0.05) is 6.20 Å². The molecule has 0 amide bonds. The maximum Gasteiger partial charge on any atom is 0.115 e. The molecule has 120 valence electrons. The van der Waals surface area contributed by atoms with Crippen molar-refractivity contribution in [3.63, 3.8) is 0 Å². The maximum absolute atomic E-state index is 5.61. The van der Waals surface area contributed by atoms with Crippen LogP contribution in [-0.4, -0.2) is 9.97 Å². The molecule has 1 unspecified atom stereocenters. The molecule has 0 aliphatic carbocycles. The Morgan fingerprint density at radius 2 is 1.62 bits per heavy atom. The molecule has 21 heavy (non-hydrogen) atoms. The first kappa shape index (κ1) is 18.1. The van der Waals surface area contributed by atoms with Crippen molar-refractivity contribution in [1.29, 1.82) is 0 Å². The van der Waals surface area contributed by atoms with Crippen LogP contribution in [0.1, 0.15) is 89.3 Å². The van der Waals surface area contributed by atoms with Crippen LogP contribution in [0.4, 0.5) is 0 Å². The zero-order valence-electron chi connectivity index (χ0n) is 13.6.